The van der Waals surface area contributed by atoms with Crippen molar-refractivity contribution in [1.82, 2.24) is 0 Å². The van der Waals surface area contributed by atoms with Gasteiger partial charge in [0, 0.05) is 5.56 Å². The molecule has 0 fully saturated rings. The van der Waals surface area contributed by atoms with Crippen molar-refractivity contribution in [2.24, 2.45) is 0 Å². The first-order valence-corrected chi connectivity index (χ1v) is 13.8. The maximum absolute atomic E-state index is 11.9. The van der Waals surface area contributed by atoms with Crippen molar-refractivity contribution in [1.29, 1.82) is 0 Å². The highest BCUT2D eigenvalue weighted by Crippen LogP contribution is 2.01. The smallest absolute Gasteiger partial charge is 0.379 e. The summed E-state index contributed by atoms with van der Waals surface area (Å²) in [6.07, 6.45) is 0. The molecular weight excluding hydrogens is 547 g/mol. The fourth-order valence-electron chi connectivity index (χ4n) is 2.88. The second-order valence-electron chi connectivity index (χ2n) is 8.03. The lowest BCUT2D eigenvalue weighted by Gasteiger charge is -2.09. The fraction of sp³-hybridized carbons (Fsp3) is 0.714. The number of esters is 1. The van der Waals surface area contributed by atoms with Crippen LogP contribution in [0.5, 0.6) is 0 Å². The molecule has 0 spiro atoms. The van der Waals surface area contributed by atoms with E-state index in [0.717, 1.165) is 0 Å². The first-order chi connectivity index (χ1) is 20.3. The van der Waals surface area contributed by atoms with Crippen LogP contribution in [0.4, 0.5) is 4.39 Å². The van der Waals surface area contributed by atoms with Gasteiger partial charge in [0.15, 0.2) is 0 Å². The SMILES string of the molecule is O=C(OCCOCCOCCOCCOCCOCCOCCOCCOCCOCCF)C(=O)c1ccccc1. The molecule has 0 unspecified atom stereocenters. The lowest BCUT2D eigenvalue weighted by molar-refractivity contribution is -0.139. The van der Waals surface area contributed by atoms with Gasteiger partial charge >= 0.3 is 5.97 Å². The van der Waals surface area contributed by atoms with Crippen LogP contribution in [-0.4, -0.2) is 144 Å². The highest BCUT2D eigenvalue weighted by molar-refractivity contribution is 6.40. The Balaban J connectivity index is 1.69. The molecule has 0 aromatic heterocycles. The second kappa shape index (κ2) is 29.4. The highest BCUT2D eigenvalue weighted by Gasteiger charge is 2.17. The molecule has 0 radical (unpaired) electrons. The first kappa shape index (κ1) is 37.0. The standard InChI is InChI=1S/C28H45FO12/c29-6-7-32-8-9-33-10-11-34-12-13-35-14-15-36-16-17-37-18-19-38-20-21-39-22-23-40-24-25-41-28(31)27(30)26-4-2-1-3-5-26/h1-5H,6-25H2. The summed E-state index contributed by atoms with van der Waals surface area (Å²) in [6.45, 7) is 6.84. The Bertz CT molecular complexity index is 725. The number of rotatable bonds is 31. The van der Waals surface area contributed by atoms with E-state index in [4.69, 9.17) is 47.4 Å². The van der Waals surface area contributed by atoms with Gasteiger partial charge in [0.2, 0.25) is 0 Å². The minimum absolute atomic E-state index is 0.00474. The van der Waals surface area contributed by atoms with Crippen LogP contribution >= 0.6 is 0 Å². The molecule has 41 heavy (non-hydrogen) atoms. The number of ketones is 1. The van der Waals surface area contributed by atoms with Crippen LogP contribution in [0, 0.1) is 0 Å². The van der Waals surface area contributed by atoms with Crippen LogP contribution in [0.3, 0.4) is 0 Å². The van der Waals surface area contributed by atoms with Gasteiger partial charge in [-0.25, -0.2) is 9.18 Å². The van der Waals surface area contributed by atoms with Crippen molar-refractivity contribution in [3.63, 3.8) is 0 Å². The number of ether oxygens (including phenoxy) is 10. The van der Waals surface area contributed by atoms with Crippen molar-refractivity contribution >= 4 is 11.8 Å². The molecule has 0 aliphatic rings. The summed E-state index contributed by atoms with van der Waals surface area (Å²) in [5, 5.41) is 0. The van der Waals surface area contributed by atoms with Crippen LogP contribution < -0.4 is 0 Å². The Labute approximate surface area is 241 Å². The summed E-state index contributed by atoms with van der Waals surface area (Å²) in [7, 11) is 0. The third kappa shape index (κ3) is 24.3. The van der Waals surface area contributed by atoms with Crippen LogP contribution in [-0.2, 0) is 52.2 Å². The van der Waals surface area contributed by atoms with Crippen LogP contribution in [0.25, 0.3) is 0 Å². The number of carbonyl (C=O) groups excluding carboxylic acids is 2. The Kier molecular flexibility index (Phi) is 26.5. The van der Waals surface area contributed by atoms with Crippen LogP contribution in [0.15, 0.2) is 30.3 Å². The number of benzene rings is 1. The Morgan fingerprint density at radius 3 is 1.05 bits per heavy atom. The molecule has 1 aromatic carbocycles. The average molecular weight is 593 g/mol. The number of carbonyl (C=O) groups is 2. The highest BCUT2D eigenvalue weighted by atomic mass is 19.1. The van der Waals surface area contributed by atoms with E-state index in [0.29, 0.717) is 111 Å². The molecule has 0 atom stereocenters. The molecule has 0 bridgehead atoms. The van der Waals surface area contributed by atoms with E-state index >= 15 is 0 Å². The first-order valence-electron chi connectivity index (χ1n) is 13.8. The van der Waals surface area contributed by atoms with E-state index < -0.39 is 18.4 Å². The monoisotopic (exact) mass is 592 g/mol. The maximum atomic E-state index is 11.9. The lowest BCUT2D eigenvalue weighted by Crippen LogP contribution is -2.20. The minimum atomic E-state index is -0.900. The predicted molar refractivity (Wildman–Crippen MR) is 145 cm³/mol. The lowest BCUT2D eigenvalue weighted by atomic mass is 10.1. The van der Waals surface area contributed by atoms with Gasteiger partial charge in [0.05, 0.1) is 119 Å². The van der Waals surface area contributed by atoms with Crippen molar-refractivity contribution in [3.05, 3.63) is 35.9 Å². The van der Waals surface area contributed by atoms with Crippen molar-refractivity contribution in [2.75, 3.05) is 132 Å². The van der Waals surface area contributed by atoms with E-state index in [1.807, 2.05) is 0 Å². The van der Waals surface area contributed by atoms with Crippen molar-refractivity contribution in [2.45, 2.75) is 0 Å². The van der Waals surface area contributed by atoms with Gasteiger partial charge in [0.25, 0.3) is 5.78 Å². The molecule has 0 N–H and O–H groups in total. The molecule has 13 heteroatoms. The largest absolute Gasteiger partial charge is 0.457 e. The molecule has 12 nitrogen and oxygen atoms in total. The van der Waals surface area contributed by atoms with E-state index in [9.17, 15) is 14.0 Å². The van der Waals surface area contributed by atoms with Gasteiger partial charge < -0.3 is 47.4 Å². The Morgan fingerprint density at radius 1 is 0.439 bits per heavy atom. The normalized spacial score (nSPS) is 11.1. The van der Waals surface area contributed by atoms with Gasteiger partial charge in [0.1, 0.15) is 13.3 Å². The Hall–Kier alpha value is -2.07. The topological polar surface area (TPSA) is 126 Å². The van der Waals surface area contributed by atoms with E-state index in [1.165, 1.54) is 0 Å². The predicted octanol–water partition coefficient (Wildman–Crippen LogP) is 1.53. The summed E-state index contributed by atoms with van der Waals surface area (Å²) in [5.74, 6) is -1.58. The van der Waals surface area contributed by atoms with Gasteiger partial charge in [-0.05, 0) is 0 Å². The number of Topliss-reactive ketones (excluding diaryl/α,β-unsaturated/α-hetero) is 1. The molecule has 1 rings (SSSR count). The zero-order chi connectivity index (χ0) is 29.5. The van der Waals surface area contributed by atoms with Gasteiger partial charge in [-0.2, -0.15) is 0 Å². The zero-order valence-electron chi connectivity index (χ0n) is 23.8. The molecule has 236 valence electrons. The quantitative estimate of drug-likeness (QED) is 0.0537. The number of hydrogen-bond donors (Lipinski definition) is 0. The van der Waals surface area contributed by atoms with Crippen LogP contribution in [0.2, 0.25) is 0 Å². The zero-order valence-corrected chi connectivity index (χ0v) is 23.8. The molecule has 0 heterocycles. The van der Waals surface area contributed by atoms with E-state index in [2.05, 4.69) is 0 Å². The number of alkyl halides is 1. The van der Waals surface area contributed by atoms with E-state index in [1.54, 1.807) is 30.3 Å². The summed E-state index contributed by atoms with van der Waals surface area (Å²) in [6, 6.07) is 8.24. The molecule has 0 aliphatic carbocycles. The van der Waals surface area contributed by atoms with E-state index in [-0.39, 0.29) is 19.8 Å². The van der Waals surface area contributed by atoms with Crippen molar-refractivity contribution in [3.8, 4) is 0 Å². The summed E-state index contributed by atoms with van der Waals surface area (Å²) in [5.41, 5.74) is 0.293. The van der Waals surface area contributed by atoms with Gasteiger partial charge in [-0.1, -0.05) is 30.3 Å². The van der Waals surface area contributed by atoms with Gasteiger partial charge in [-0.3, -0.25) is 4.79 Å². The molecular formula is C28H45FO12. The number of halogens is 1. The fourth-order valence-corrected chi connectivity index (χ4v) is 2.88. The minimum Gasteiger partial charge on any atom is -0.457 e. The molecule has 0 saturated carbocycles. The average Bonchev–Trinajstić information content (AvgIpc) is 3.00. The summed E-state index contributed by atoms with van der Waals surface area (Å²) < 4.78 is 64.7. The third-order valence-corrected chi connectivity index (χ3v) is 4.88. The third-order valence-electron chi connectivity index (χ3n) is 4.88. The summed E-state index contributed by atoms with van der Waals surface area (Å²) >= 11 is 0. The summed E-state index contributed by atoms with van der Waals surface area (Å²) in [4.78, 5) is 23.6. The molecule has 0 saturated heterocycles. The second-order valence-corrected chi connectivity index (χ2v) is 8.03. The molecule has 0 aliphatic heterocycles. The van der Waals surface area contributed by atoms with Crippen LogP contribution in [0.1, 0.15) is 10.4 Å². The molecule has 0 amide bonds. The maximum Gasteiger partial charge on any atom is 0.379 e. The Morgan fingerprint density at radius 2 is 0.732 bits per heavy atom. The van der Waals surface area contributed by atoms with Crippen molar-refractivity contribution < 1.29 is 61.3 Å². The van der Waals surface area contributed by atoms with Gasteiger partial charge in [-0.15, -0.1) is 0 Å². The number of hydrogen-bond acceptors (Lipinski definition) is 12. The molecule has 1 aromatic rings.